The van der Waals surface area contributed by atoms with Gasteiger partial charge in [0.15, 0.2) is 0 Å². The summed E-state index contributed by atoms with van der Waals surface area (Å²) in [4.78, 5) is 19.3. The SMILES string of the molecule is C/C=C(\C)C(N)=O.C=CC(=O)O. The molecule has 0 aliphatic rings. The van der Waals surface area contributed by atoms with Gasteiger partial charge in [0.2, 0.25) is 5.91 Å². The standard InChI is InChI=1S/C5H9NO.C3H4O2/c1-3-4(2)5(6)7;1-2-3(4)5/h3H,1-2H3,(H2,6,7);2H,1H2,(H,4,5)/b4-3+;. The largest absolute Gasteiger partial charge is 0.478 e. The lowest BCUT2D eigenvalue weighted by atomic mass is 10.3. The second-order valence-corrected chi connectivity index (χ2v) is 1.88. The molecule has 0 saturated heterocycles. The zero-order valence-corrected chi connectivity index (χ0v) is 7.20. The van der Waals surface area contributed by atoms with Crippen LogP contribution in [0.25, 0.3) is 0 Å². The minimum Gasteiger partial charge on any atom is -0.478 e. The van der Waals surface area contributed by atoms with E-state index in [9.17, 15) is 9.59 Å². The van der Waals surface area contributed by atoms with Crippen molar-refractivity contribution in [1.29, 1.82) is 0 Å². The van der Waals surface area contributed by atoms with Crippen molar-refractivity contribution < 1.29 is 14.7 Å². The van der Waals surface area contributed by atoms with Gasteiger partial charge in [0, 0.05) is 11.6 Å². The van der Waals surface area contributed by atoms with Crippen LogP contribution in [0.3, 0.4) is 0 Å². The first-order valence-corrected chi connectivity index (χ1v) is 3.23. The lowest BCUT2D eigenvalue weighted by Gasteiger charge is -1.85. The van der Waals surface area contributed by atoms with Gasteiger partial charge in [-0.15, -0.1) is 0 Å². The summed E-state index contributed by atoms with van der Waals surface area (Å²) >= 11 is 0. The van der Waals surface area contributed by atoms with Crippen LogP contribution in [0.15, 0.2) is 24.3 Å². The quantitative estimate of drug-likeness (QED) is 0.600. The van der Waals surface area contributed by atoms with Crippen molar-refractivity contribution in [3.05, 3.63) is 24.3 Å². The molecule has 3 N–H and O–H groups in total. The molecular weight excluding hydrogens is 158 g/mol. The fraction of sp³-hybridized carbons (Fsp3) is 0.250. The lowest BCUT2D eigenvalue weighted by Crippen LogP contribution is -2.10. The van der Waals surface area contributed by atoms with E-state index in [1.54, 1.807) is 19.9 Å². The third kappa shape index (κ3) is 11.2. The van der Waals surface area contributed by atoms with Crippen LogP contribution < -0.4 is 5.73 Å². The van der Waals surface area contributed by atoms with Crippen LogP contribution in [-0.2, 0) is 9.59 Å². The van der Waals surface area contributed by atoms with Gasteiger partial charge < -0.3 is 10.8 Å². The molecule has 68 valence electrons. The Morgan fingerprint density at radius 2 is 1.83 bits per heavy atom. The summed E-state index contributed by atoms with van der Waals surface area (Å²) in [6, 6.07) is 0. The number of carbonyl (C=O) groups excluding carboxylic acids is 1. The number of carbonyl (C=O) groups is 2. The first kappa shape index (κ1) is 13.0. The van der Waals surface area contributed by atoms with Crippen LogP contribution >= 0.6 is 0 Å². The number of nitrogens with two attached hydrogens (primary N) is 1. The molecule has 0 unspecified atom stereocenters. The lowest BCUT2D eigenvalue weighted by molar-refractivity contribution is -0.131. The molecule has 0 bridgehead atoms. The summed E-state index contributed by atoms with van der Waals surface area (Å²) in [6.45, 7) is 6.42. The Balaban J connectivity index is 0. The smallest absolute Gasteiger partial charge is 0.327 e. The number of carboxylic acid groups (broad SMARTS) is 1. The van der Waals surface area contributed by atoms with Crippen molar-refractivity contribution in [2.75, 3.05) is 0 Å². The third-order valence-electron chi connectivity index (χ3n) is 0.996. The molecule has 0 aromatic carbocycles. The Hall–Kier alpha value is -1.58. The zero-order valence-electron chi connectivity index (χ0n) is 7.20. The fourth-order valence-corrected chi connectivity index (χ4v) is 0.142. The van der Waals surface area contributed by atoms with Gasteiger partial charge in [-0.05, 0) is 13.8 Å². The van der Waals surface area contributed by atoms with Crippen molar-refractivity contribution >= 4 is 11.9 Å². The zero-order chi connectivity index (χ0) is 10.1. The van der Waals surface area contributed by atoms with E-state index < -0.39 is 5.97 Å². The maximum absolute atomic E-state index is 10.1. The second kappa shape index (κ2) is 7.53. The first-order valence-electron chi connectivity index (χ1n) is 3.23. The number of hydrogen-bond donors (Lipinski definition) is 2. The average molecular weight is 171 g/mol. The topological polar surface area (TPSA) is 80.4 Å². The predicted octanol–water partition coefficient (Wildman–Crippen LogP) is 0.695. The summed E-state index contributed by atoms with van der Waals surface area (Å²) < 4.78 is 0. The van der Waals surface area contributed by atoms with Crippen molar-refractivity contribution in [2.45, 2.75) is 13.8 Å². The van der Waals surface area contributed by atoms with Crippen molar-refractivity contribution in [3.63, 3.8) is 0 Å². The highest BCUT2D eigenvalue weighted by molar-refractivity contribution is 5.91. The van der Waals surface area contributed by atoms with Gasteiger partial charge >= 0.3 is 5.97 Å². The molecule has 12 heavy (non-hydrogen) atoms. The predicted molar refractivity (Wildman–Crippen MR) is 46.5 cm³/mol. The average Bonchev–Trinajstić information content (AvgIpc) is 2.04. The number of carboxylic acids is 1. The minimum absolute atomic E-state index is 0.345. The number of amides is 1. The Morgan fingerprint density at radius 3 is 1.83 bits per heavy atom. The Labute approximate surface area is 71.4 Å². The van der Waals surface area contributed by atoms with Gasteiger partial charge in [-0.3, -0.25) is 4.79 Å². The number of rotatable bonds is 2. The molecule has 0 aliphatic carbocycles. The number of allylic oxidation sites excluding steroid dienone is 1. The van der Waals surface area contributed by atoms with Gasteiger partial charge in [0.1, 0.15) is 0 Å². The molecule has 0 aliphatic heterocycles. The number of primary amides is 1. The molecule has 4 heteroatoms. The van der Waals surface area contributed by atoms with E-state index in [1.807, 2.05) is 0 Å². The molecule has 0 rings (SSSR count). The van der Waals surface area contributed by atoms with Crippen molar-refractivity contribution in [2.24, 2.45) is 5.73 Å². The summed E-state index contributed by atoms with van der Waals surface area (Å²) in [5.41, 5.74) is 5.45. The fourth-order valence-electron chi connectivity index (χ4n) is 0.142. The summed E-state index contributed by atoms with van der Waals surface area (Å²) in [5, 5.41) is 7.60. The van der Waals surface area contributed by atoms with Crippen LogP contribution in [0.5, 0.6) is 0 Å². The number of aliphatic carboxylic acids is 1. The van der Waals surface area contributed by atoms with Crippen molar-refractivity contribution in [1.82, 2.24) is 0 Å². The summed E-state index contributed by atoms with van der Waals surface area (Å²) in [6.07, 6.45) is 2.52. The highest BCUT2D eigenvalue weighted by atomic mass is 16.4. The monoisotopic (exact) mass is 171 g/mol. The van der Waals surface area contributed by atoms with Crippen LogP contribution in [-0.4, -0.2) is 17.0 Å². The van der Waals surface area contributed by atoms with Crippen LogP contribution in [0.2, 0.25) is 0 Å². The van der Waals surface area contributed by atoms with E-state index in [4.69, 9.17) is 10.8 Å². The van der Waals surface area contributed by atoms with Crippen LogP contribution in [0, 0.1) is 0 Å². The maximum Gasteiger partial charge on any atom is 0.327 e. The molecule has 0 fully saturated rings. The first-order chi connectivity index (χ1) is 5.45. The molecule has 0 aromatic rings. The highest BCUT2D eigenvalue weighted by Crippen LogP contribution is 1.85. The second-order valence-electron chi connectivity index (χ2n) is 1.88. The summed E-state index contributed by atoms with van der Waals surface area (Å²) in [5.74, 6) is -1.33. The molecule has 0 radical (unpaired) electrons. The Morgan fingerprint density at radius 1 is 1.50 bits per heavy atom. The van der Waals surface area contributed by atoms with E-state index in [0.29, 0.717) is 5.57 Å². The van der Waals surface area contributed by atoms with Crippen LogP contribution in [0.1, 0.15) is 13.8 Å². The van der Waals surface area contributed by atoms with E-state index >= 15 is 0 Å². The van der Waals surface area contributed by atoms with Gasteiger partial charge in [-0.1, -0.05) is 12.7 Å². The Kier molecular flexibility index (Phi) is 8.18. The molecular formula is C8H13NO3. The van der Waals surface area contributed by atoms with Crippen LogP contribution in [0.4, 0.5) is 0 Å². The molecule has 0 spiro atoms. The van der Waals surface area contributed by atoms with E-state index in [0.717, 1.165) is 6.08 Å². The molecule has 0 atom stereocenters. The van der Waals surface area contributed by atoms with Gasteiger partial charge in [0.05, 0.1) is 0 Å². The van der Waals surface area contributed by atoms with E-state index in [-0.39, 0.29) is 5.91 Å². The van der Waals surface area contributed by atoms with Gasteiger partial charge in [-0.25, -0.2) is 4.79 Å². The summed E-state index contributed by atoms with van der Waals surface area (Å²) in [7, 11) is 0. The van der Waals surface area contributed by atoms with Gasteiger partial charge in [0.25, 0.3) is 0 Å². The third-order valence-corrected chi connectivity index (χ3v) is 0.996. The maximum atomic E-state index is 10.1. The highest BCUT2D eigenvalue weighted by Gasteiger charge is 1.90. The molecule has 0 saturated carbocycles. The molecule has 4 nitrogen and oxygen atoms in total. The normalized spacial score (nSPS) is 9.33. The molecule has 0 aromatic heterocycles. The molecule has 1 amide bonds. The number of hydrogen-bond acceptors (Lipinski definition) is 2. The Bertz CT molecular complexity index is 206. The molecule has 0 heterocycles. The van der Waals surface area contributed by atoms with Gasteiger partial charge in [-0.2, -0.15) is 0 Å². The van der Waals surface area contributed by atoms with E-state index in [1.165, 1.54) is 0 Å². The minimum atomic E-state index is -0.981. The van der Waals surface area contributed by atoms with E-state index in [2.05, 4.69) is 6.58 Å². The van der Waals surface area contributed by atoms with Crippen molar-refractivity contribution in [3.8, 4) is 0 Å².